The Morgan fingerprint density at radius 2 is 1.88 bits per heavy atom. The summed E-state index contributed by atoms with van der Waals surface area (Å²) in [6, 6.07) is 0. The molecule has 4 aliphatic rings. The van der Waals surface area contributed by atoms with Crippen LogP contribution in [-0.4, -0.2) is 67.0 Å². The number of hydrogen-bond acceptors (Lipinski definition) is 4. The predicted molar refractivity (Wildman–Crippen MR) is 128 cm³/mol. The highest BCUT2D eigenvalue weighted by Crippen LogP contribution is 2.39. The summed E-state index contributed by atoms with van der Waals surface area (Å²) in [6.07, 6.45) is 10.5. The van der Waals surface area contributed by atoms with Crippen LogP contribution in [0.1, 0.15) is 65.7 Å². The fraction of sp³-hybridized carbons (Fsp3) is 0.846. The van der Waals surface area contributed by atoms with E-state index in [9.17, 15) is 9.59 Å². The van der Waals surface area contributed by atoms with Crippen LogP contribution >= 0.6 is 0 Å². The molecule has 0 bridgehead atoms. The Morgan fingerprint density at radius 3 is 2.50 bits per heavy atom. The molecule has 6 nitrogen and oxygen atoms in total. The van der Waals surface area contributed by atoms with E-state index in [0.29, 0.717) is 42.2 Å². The molecule has 4 atom stereocenters. The first-order chi connectivity index (χ1) is 15.4. The normalized spacial score (nSPS) is 32.0. The number of piperazine rings is 1. The number of hydrogen-bond donors (Lipinski definition) is 2. The van der Waals surface area contributed by atoms with Crippen molar-refractivity contribution in [2.45, 2.75) is 71.9 Å². The highest BCUT2D eigenvalue weighted by atomic mass is 16.2. The third-order valence-electron chi connectivity index (χ3n) is 8.36. The lowest BCUT2D eigenvalue weighted by atomic mass is 9.69. The van der Waals surface area contributed by atoms with E-state index in [2.05, 4.69) is 47.3 Å². The average Bonchev–Trinajstić information content (AvgIpc) is 3.65. The Bertz CT molecular complexity index is 688. The zero-order chi connectivity index (χ0) is 22.7. The van der Waals surface area contributed by atoms with Gasteiger partial charge < -0.3 is 15.5 Å². The summed E-state index contributed by atoms with van der Waals surface area (Å²) in [7, 11) is 0. The van der Waals surface area contributed by atoms with Crippen LogP contribution in [0.15, 0.2) is 11.6 Å². The molecule has 4 rings (SSSR count). The van der Waals surface area contributed by atoms with Crippen LogP contribution in [0.4, 0.5) is 0 Å². The topological polar surface area (TPSA) is 64.7 Å². The predicted octanol–water partition coefficient (Wildman–Crippen LogP) is 3.00. The molecule has 0 spiro atoms. The van der Waals surface area contributed by atoms with Gasteiger partial charge in [-0.3, -0.25) is 14.5 Å². The smallest absolute Gasteiger partial charge is 0.223 e. The van der Waals surface area contributed by atoms with Gasteiger partial charge in [-0.25, -0.2) is 0 Å². The molecule has 2 saturated heterocycles. The molecule has 2 aliphatic carbocycles. The summed E-state index contributed by atoms with van der Waals surface area (Å²) < 4.78 is 0. The lowest BCUT2D eigenvalue weighted by Crippen LogP contribution is -2.57. The number of nitrogens with one attached hydrogen (secondary N) is 2. The minimum absolute atomic E-state index is 0.235. The Labute approximate surface area is 194 Å². The van der Waals surface area contributed by atoms with Crippen LogP contribution in [0.25, 0.3) is 0 Å². The van der Waals surface area contributed by atoms with E-state index in [1.807, 2.05) is 0 Å². The summed E-state index contributed by atoms with van der Waals surface area (Å²) in [4.78, 5) is 29.9. The number of allylic oxidation sites excluding steroid dienone is 1. The van der Waals surface area contributed by atoms with Gasteiger partial charge in [0.1, 0.15) is 0 Å². The van der Waals surface area contributed by atoms with Crippen molar-refractivity contribution in [1.29, 1.82) is 0 Å². The van der Waals surface area contributed by atoms with Crippen molar-refractivity contribution in [2.24, 2.45) is 29.6 Å². The van der Waals surface area contributed by atoms with Crippen molar-refractivity contribution in [2.75, 3.05) is 39.3 Å². The van der Waals surface area contributed by atoms with E-state index in [1.54, 1.807) is 0 Å². The molecule has 2 heterocycles. The summed E-state index contributed by atoms with van der Waals surface area (Å²) in [5.74, 6) is 2.61. The van der Waals surface area contributed by atoms with Gasteiger partial charge in [-0.2, -0.15) is 0 Å². The van der Waals surface area contributed by atoms with Crippen molar-refractivity contribution < 1.29 is 9.59 Å². The minimum atomic E-state index is 0.235. The number of amides is 2. The summed E-state index contributed by atoms with van der Waals surface area (Å²) in [5, 5.41) is 6.83. The van der Waals surface area contributed by atoms with Crippen molar-refractivity contribution in [3.8, 4) is 0 Å². The summed E-state index contributed by atoms with van der Waals surface area (Å²) in [6.45, 7) is 12.3. The molecule has 2 N–H and O–H groups in total. The Hall–Kier alpha value is -1.40. The van der Waals surface area contributed by atoms with Crippen LogP contribution in [0.2, 0.25) is 0 Å². The van der Waals surface area contributed by atoms with Gasteiger partial charge in [-0.15, -0.1) is 0 Å². The molecule has 0 aromatic carbocycles. The Kier molecular flexibility index (Phi) is 7.93. The van der Waals surface area contributed by atoms with E-state index in [-0.39, 0.29) is 11.8 Å². The monoisotopic (exact) mass is 444 g/mol. The zero-order valence-corrected chi connectivity index (χ0v) is 20.4. The highest BCUT2D eigenvalue weighted by molar-refractivity contribution is 5.80. The third kappa shape index (κ3) is 5.93. The number of carbonyl (C=O) groups excluding carboxylic acids is 2. The SMILES string of the molecule is CC1=C[C@@H](CNC(=O)C2CC2)[C@H](C(C)C)C[C@H]1CC(=O)N1CCN(C2CCCCN2)CC1. The number of rotatable bonds is 7. The second kappa shape index (κ2) is 10.7. The van der Waals surface area contributed by atoms with E-state index in [0.717, 1.165) is 58.5 Å². The minimum Gasteiger partial charge on any atom is -0.355 e. The molecule has 0 aromatic heterocycles. The Morgan fingerprint density at radius 1 is 1.12 bits per heavy atom. The van der Waals surface area contributed by atoms with Gasteiger partial charge in [0.25, 0.3) is 0 Å². The van der Waals surface area contributed by atoms with E-state index in [4.69, 9.17) is 0 Å². The first kappa shape index (κ1) is 23.7. The number of nitrogens with zero attached hydrogens (tertiary/aromatic N) is 2. The lowest BCUT2D eigenvalue weighted by molar-refractivity contribution is -0.134. The van der Waals surface area contributed by atoms with Crippen LogP contribution in [0, 0.1) is 29.6 Å². The van der Waals surface area contributed by atoms with Crippen molar-refractivity contribution in [3.63, 3.8) is 0 Å². The third-order valence-corrected chi connectivity index (χ3v) is 8.36. The molecule has 2 amide bonds. The molecule has 2 aliphatic heterocycles. The maximum Gasteiger partial charge on any atom is 0.223 e. The van der Waals surface area contributed by atoms with Crippen molar-refractivity contribution >= 4 is 11.8 Å². The second-order valence-corrected chi connectivity index (χ2v) is 11.0. The number of carbonyl (C=O) groups is 2. The van der Waals surface area contributed by atoms with Gasteiger partial charge in [0.05, 0.1) is 6.17 Å². The first-order valence-electron chi connectivity index (χ1n) is 13.1. The molecule has 1 unspecified atom stereocenters. The molecular weight excluding hydrogens is 400 g/mol. The van der Waals surface area contributed by atoms with E-state index < -0.39 is 0 Å². The molecule has 0 radical (unpaired) electrons. The largest absolute Gasteiger partial charge is 0.355 e. The zero-order valence-electron chi connectivity index (χ0n) is 20.4. The fourth-order valence-electron chi connectivity index (χ4n) is 5.98. The van der Waals surface area contributed by atoms with Gasteiger partial charge in [0.2, 0.25) is 11.8 Å². The quantitative estimate of drug-likeness (QED) is 0.593. The van der Waals surface area contributed by atoms with Gasteiger partial charge >= 0.3 is 0 Å². The van der Waals surface area contributed by atoms with Crippen LogP contribution in [0.3, 0.4) is 0 Å². The second-order valence-electron chi connectivity index (χ2n) is 11.0. The van der Waals surface area contributed by atoms with Gasteiger partial charge in [-0.1, -0.05) is 25.5 Å². The molecule has 180 valence electrons. The molecule has 0 aromatic rings. The van der Waals surface area contributed by atoms with Crippen molar-refractivity contribution in [1.82, 2.24) is 20.4 Å². The molecule has 32 heavy (non-hydrogen) atoms. The first-order valence-corrected chi connectivity index (χ1v) is 13.1. The lowest BCUT2D eigenvalue weighted by Gasteiger charge is -2.42. The van der Waals surface area contributed by atoms with Gasteiger partial charge in [0, 0.05) is 45.1 Å². The maximum atomic E-state index is 13.2. The maximum absolute atomic E-state index is 13.2. The molecule has 6 heteroatoms. The molecule has 1 saturated carbocycles. The fourth-order valence-corrected chi connectivity index (χ4v) is 5.98. The number of piperidine rings is 1. The van der Waals surface area contributed by atoms with Crippen LogP contribution < -0.4 is 10.6 Å². The molecular formula is C26H44N4O2. The standard InChI is InChI=1S/C26H44N4O2/c1-18(2)23-15-21(19(3)14-22(23)17-28-26(32)20-7-8-20)16-25(31)30-12-10-29(11-13-30)24-6-4-5-9-27-24/h14,18,20-24,27H,4-13,15-17H2,1-3H3,(H,28,32)/t21-,22-,23-,24?/m0/s1. The van der Waals surface area contributed by atoms with E-state index in [1.165, 1.54) is 24.8 Å². The van der Waals surface area contributed by atoms with Crippen molar-refractivity contribution in [3.05, 3.63) is 11.6 Å². The van der Waals surface area contributed by atoms with Gasteiger partial charge in [-0.05, 0) is 75.7 Å². The van der Waals surface area contributed by atoms with Crippen LogP contribution in [-0.2, 0) is 9.59 Å². The summed E-state index contributed by atoms with van der Waals surface area (Å²) >= 11 is 0. The van der Waals surface area contributed by atoms with Crippen LogP contribution in [0.5, 0.6) is 0 Å². The average molecular weight is 445 g/mol. The molecule has 3 fully saturated rings. The van der Waals surface area contributed by atoms with E-state index >= 15 is 0 Å². The Balaban J connectivity index is 1.28. The van der Waals surface area contributed by atoms with Gasteiger partial charge in [0.15, 0.2) is 0 Å². The highest BCUT2D eigenvalue weighted by Gasteiger charge is 2.35. The summed E-state index contributed by atoms with van der Waals surface area (Å²) in [5.41, 5.74) is 1.34.